The van der Waals surface area contributed by atoms with E-state index < -0.39 is 5.82 Å². The van der Waals surface area contributed by atoms with Gasteiger partial charge >= 0.3 is 0 Å². The molecule has 0 bridgehead atoms. The number of anilines is 1. The number of carbonyl (C=O) groups is 1. The number of nitrogens with two attached hydrogens (primary N) is 1. The average molecular weight is 267 g/mol. The van der Waals surface area contributed by atoms with Gasteiger partial charge in [-0.05, 0) is 18.2 Å². The average Bonchev–Trinajstić information content (AvgIpc) is 2.38. The van der Waals surface area contributed by atoms with E-state index in [1.54, 1.807) is 0 Å². The minimum Gasteiger partial charge on any atom is -0.399 e. The summed E-state index contributed by atoms with van der Waals surface area (Å²) >= 11 is 0. The molecule has 0 unspecified atom stereocenters. The maximum Gasteiger partial charge on any atom is 0.251 e. The number of morpholine rings is 1. The molecule has 1 heterocycles. The van der Waals surface area contributed by atoms with Crippen molar-refractivity contribution in [2.24, 2.45) is 0 Å². The lowest BCUT2D eigenvalue weighted by Gasteiger charge is -2.26. The van der Waals surface area contributed by atoms with Gasteiger partial charge in [-0.15, -0.1) is 0 Å². The van der Waals surface area contributed by atoms with E-state index >= 15 is 0 Å². The predicted molar refractivity (Wildman–Crippen MR) is 70.4 cm³/mol. The molecule has 0 aliphatic carbocycles. The van der Waals surface area contributed by atoms with E-state index in [1.807, 2.05) is 0 Å². The van der Waals surface area contributed by atoms with Gasteiger partial charge in [0, 0.05) is 37.4 Å². The van der Waals surface area contributed by atoms with Gasteiger partial charge < -0.3 is 15.8 Å². The molecule has 1 aromatic carbocycles. The Kier molecular flexibility index (Phi) is 4.70. The smallest absolute Gasteiger partial charge is 0.251 e. The highest BCUT2D eigenvalue weighted by molar-refractivity contribution is 5.95. The molecule has 1 fully saturated rings. The molecule has 5 nitrogen and oxygen atoms in total. The van der Waals surface area contributed by atoms with Crippen molar-refractivity contribution in [3.63, 3.8) is 0 Å². The zero-order valence-electron chi connectivity index (χ0n) is 10.7. The fourth-order valence-corrected chi connectivity index (χ4v) is 2.00. The van der Waals surface area contributed by atoms with Crippen LogP contribution in [-0.2, 0) is 4.74 Å². The quantitative estimate of drug-likeness (QED) is 0.778. The van der Waals surface area contributed by atoms with Gasteiger partial charge in [0.25, 0.3) is 5.91 Å². The van der Waals surface area contributed by atoms with Crippen LogP contribution in [0.15, 0.2) is 18.2 Å². The first-order chi connectivity index (χ1) is 9.15. The number of nitrogens with one attached hydrogen (secondary N) is 1. The van der Waals surface area contributed by atoms with Crippen LogP contribution in [0.25, 0.3) is 0 Å². The SMILES string of the molecule is Nc1cc(F)cc(C(=O)NCCN2CCOCC2)c1. The summed E-state index contributed by atoms with van der Waals surface area (Å²) in [5.74, 6) is -0.808. The molecule has 19 heavy (non-hydrogen) atoms. The van der Waals surface area contributed by atoms with Gasteiger partial charge in [-0.1, -0.05) is 0 Å². The first kappa shape index (κ1) is 13.8. The largest absolute Gasteiger partial charge is 0.399 e. The number of carbonyl (C=O) groups excluding carboxylic acids is 1. The van der Waals surface area contributed by atoms with Gasteiger partial charge in [0.05, 0.1) is 13.2 Å². The van der Waals surface area contributed by atoms with Crippen LogP contribution in [0.1, 0.15) is 10.4 Å². The summed E-state index contributed by atoms with van der Waals surface area (Å²) in [4.78, 5) is 14.0. The second kappa shape index (κ2) is 6.49. The Morgan fingerprint density at radius 3 is 2.79 bits per heavy atom. The third-order valence-corrected chi connectivity index (χ3v) is 3.00. The highest BCUT2D eigenvalue weighted by Gasteiger charge is 2.11. The first-order valence-electron chi connectivity index (χ1n) is 6.29. The van der Waals surface area contributed by atoms with E-state index in [0.717, 1.165) is 32.8 Å². The summed E-state index contributed by atoms with van der Waals surface area (Å²) in [6.45, 7) is 4.50. The summed E-state index contributed by atoms with van der Waals surface area (Å²) < 4.78 is 18.4. The van der Waals surface area contributed by atoms with Crippen LogP contribution in [0.3, 0.4) is 0 Å². The van der Waals surface area contributed by atoms with Gasteiger partial charge in [-0.25, -0.2) is 4.39 Å². The Morgan fingerprint density at radius 2 is 2.11 bits per heavy atom. The Labute approximate surface area is 111 Å². The molecule has 0 spiro atoms. The molecule has 0 radical (unpaired) electrons. The van der Waals surface area contributed by atoms with Crippen LogP contribution in [-0.4, -0.2) is 50.2 Å². The lowest BCUT2D eigenvalue weighted by Crippen LogP contribution is -2.41. The summed E-state index contributed by atoms with van der Waals surface area (Å²) in [6.07, 6.45) is 0. The predicted octanol–water partition coefficient (Wildman–Crippen LogP) is 0.470. The highest BCUT2D eigenvalue weighted by Crippen LogP contribution is 2.10. The number of nitrogens with zero attached hydrogens (tertiary/aromatic N) is 1. The number of nitrogen functional groups attached to an aromatic ring is 1. The summed E-state index contributed by atoms with van der Waals surface area (Å²) in [6, 6.07) is 3.83. The summed E-state index contributed by atoms with van der Waals surface area (Å²) in [5.41, 5.74) is 6.00. The van der Waals surface area contributed by atoms with E-state index in [-0.39, 0.29) is 17.2 Å². The summed E-state index contributed by atoms with van der Waals surface area (Å²) in [7, 11) is 0. The molecule has 1 aliphatic rings. The van der Waals surface area contributed by atoms with Crippen molar-refractivity contribution in [3.8, 4) is 0 Å². The van der Waals surface area contributed by atoms with Crippen LogP contribution in [0, 0.1) is 5.82 Å². The normalized spacial score (nSPS) is 16.3. The monoisotopic (exact) mass is 267 g/mol. The zero-order valence-corrected chi connectivity index (χ0v) is 10.7. The Hall–Kier alpha value is -1.66. The highest BCUT2D eigenvalue weighted by atomic mass is 19.1. The van der Waals surface area contributed by atoms with Crippen molar-refractivity contribution in [2.45, 2.75) is 0 Å². The maximum absolute atomic E-state index is 13.1. The fourth-order valence-electron chi connectivity index (χ4n) is 2.00. The zero-order chi connectivity index (χ0) is 13.7. The van der Waals surface area contributed by atoms with Crippen molar-refractivity contribution in [1.82, 2.24) is 10.2 Å². The first-order valence-corrected chi connectivity index (χ1v) is 6.29. The van der Waals surface area contributed by atoms with E-state index in [4.69, 9.17) is 10.5 Å². The second-order valence-corrected chi connectivity index (χ2v) is 4.48. The number of rotatable bonds is 4. The molecule has 0 aromatic heterocycles. The van der Waals surface area contributed by atoms with Crippen molar-refractivity contribution in [3.05, 3.63) is 29.6 Å². The Bertz CT molecular complexity index is 427. The fraction of sp³-hybridized carbons (Fsp3) is 0.462. The van der Waals surface area contributed by atoms with Crippen LogP contribution in [0.5, 0.6) is 0 Å². The van der Waals surface area contributed by atoms with Gasteiger partial charge in [0.2, 0.25) is 0 Å². The molecule has 1 saturated heterocycles. The minimum atomic E-state index is -0.502. The molecular formula is C13H18FN3O2. The van der Waals surface area contributed by atoms with Crippen LogP contribution in [0.4, 0.5) is 10.1 Å². The number of benzene rings is 1. The molecule has 3 N–H and O–H groups in total. The Balaban J connectivity index is 1.80. The molecular weight excluding hydrogens is 249 g/mol. The van der Waals surface area contributed by atoms with E-state index in [9.17, 15) is 9.18 Å². The molecule has 0 atom stereocenters. The molecule has 104 valence electrons. The van der Waals surface area contributed by atoms with Crippen LogP contribution >= 0.6 is 0 Å². The lowest BCUT2D eigenvalue weighted by atomic mass is 10.2. The molecule has 1 amide bonds. The number of ether oxygens (including phenoxy) is 1. The van der Waals surface area contributed by atoms with Crippen molar-refractivity contribution < 1.29 is 13.9 Å². The molecule has 1 aromatic rings. The standard InChI is InChI=1S/C13H18FN3O2/c14-11-7-10(8-12(15)9-11)13(18)16-1-2-17-3-5-19-6-4-17/h7-9H,1-6,15H2,(H,16,18). The van der Waals surface area contributed by atoms with Crippen molar-refractivity contribution in [1.29, 1.82) is 0 Å². The number of hydrogen-bond acceptors (Lipinski definition) is 4. The van der Waals surface area contributed by atoms with Gasteiger partial charge in [-0.2, -0.15) is 0 Å². The van der Waals surface area contributed by atoms with E-state index in [0.29, 0.717) is 6.54 Å². The maximum atomic E-state index is 13.1. The number of halogens is 1. The topological polar surface area (TPSA) is 67.6 Å². The third kappa shape index (κ3) is 4.18. The van der Waals surface area contributed by atoms with Gasteiger partial charge in [-0.3, -0.25) is 9.69 Å². The van der Waals surface area contributed by atoms with Crippen molar-refractivity contribution in [2.75, 3.05) is 45.1 Å². The van der Waals surface area contributed by atoms with Crippen LogP contribution in [0.2, 0.25) is 0 Å². The lowest BCUT2D eigenvalue weighted by molar-refractivity contribution is 0.0383. The summed E-state index contributed by atoms with van der Waals surface area (Å²) in [5, 5.41) is 2.76. The molecule has 0 saturated carbocycles. The van der Waals surface area contributed by atoms with E-state index in [1.165, 1.54) is 18.2 Å². The van der Waals surface area contributed by atoms with Crippen LogP contribution < -0.4 is 11.1 Å². The number of amides is 1. The Morgan fingerprint density at radius 1 is 1.37 bits per heavy atom. The van der Waals surface area contributed by atoms with Gasteiger partial charge in [0.15, 0.2) is 0 Å². The van der Waals surface area contributed by atoms with E-state index in [2.05, 4.69) is 10.2 Å². The van der Waals surface area contributed by atoms with Crippen molar-refractivity contribution >= 4 is 11.6 Å². The molecule has 2 rings (SSSR count). The second-order valence-electron chi connectivity index (χ2n) is 4.48. The minimum absolute atomic E-state index is 0.248. The van der Waals surface area contributed by atoms with Gasteiger partial charge in [0.1, 0.15) is 5.82 Å². The molecule has 6 heteroatoms. The number of hydrogen-bond donors (Lipinski definition) is 2. The third-order valence-electron chi connectivity index (χ3n) is 3.00. The molecule has 1 aliphatic heterocycles.